The van der Waals surface area contributed by atoms with Gasteiger partial charge in [0.25, 0.3) is 0 Å². The van der Waals surface area contributed by atoms with Crippen LogP contribution in [0.1, 0.15) is 11.1 Å². The molecule has 1 aromatic heterocycles. The van der Waals surface area contributed by atoms with Gasteiger partial charge in [-0.1, -0.05) is 23.1 Å². The summed E-state index contributed by atoms with van der Waals surface area (Å²) in [5.74, 6) is 5.54. The van der Waals surface area contributed by atoms with E-state index in [1.807, 2.05) is 25.1 Å². The van der Waals surface area contributed by atoms with E-state index in [4.69, 9.17) is 5.73 Å². The number of nitrogens with one attached hydrogen (secondary N) is 1. The number of amides is 1. The van der Waals surface area contributed by atoms with Crippen LogP contribution in [0.3, 0.4) is 0 Å². The average molecular weight is 269 g/mol. The van der Waals surface area contributed by atoms with Gasteiger partial charge in [0, 0.05) is 11.8 Å². The van der Waals surface area contributed by atoms with Gasteiger partial charge in [-0.2, -0.15) is 0 Å². The number of benzene rings is 1. The molecule has 0 saturated carbocycles. The summed E-state index contributed by atoms with van der Waals surface area (Å²) in [6, 6.07) is 5.68. The number of rotatable bonds is 3. The molecule has 1 amide bonds. The molecule has 0 bridgehead atoms. The molecule has 0 aliphatic rings. The van der Waals surface area contributed by atoms with Gasteiger partial charge in [0.1, 0.15) is 6.54 Å². The quantitative estimate of drug-likeness (QED) is 0.796. The van der Waals surface area contributed by atoms with Crippen LogP contribution in [0.25, 0.3) is 0 Å². The van der Waals surface area contributed by atoms with Crippen LogP contribution in [0, 0.1) is 18.8 Å². The number of nitrogens with two attached hydrogens (primary N) is 1. The summed E-state index contributed by atoms with van der Waals surface area (Å²) in [5.41, 5.74) is 7.83. The predicted molar refractivity (Wildman–Crippen MR) is 75.8 cm³/mol. The number of carbonyl (C=O) groups excluding carboxylic acids is 1. The zero-order valence-corrected chi connectivity index (χ0v) is 11.1. The normalized spacial score (nSPS) is 9.70. The second-order valence-electron chi connectivity index (χ2n) is 4.20. The van der Waals surface area contributed by atoms with Gasteiger partial charge >= 0.3 is 0 Å². The molecular weight excluding hydrogens is 254 g/mol. The molecule has 0 radical (unpaired) electrons. The van der Waals surface area contributed by atoms with Crippen molar-refractivity contribution >= 4 is 11.6 Å². The molecule has 6 nitrogen and oxygen atoms in total. The van der Waals surface area contributed by atoms with Gasteiger partial charge in [-0.25, -0.2) is 4.68 Å². The van der Waals surface area contributed by atoms with E-state index in [0.717, 1.165) is 11.1 Å². The first-order valence-electron chi connectivity index (χ1n) is 6.12. The molecule has 2 aromatic rings. The molecule has 0 unspecified atom stereocenters. The second-order valence-corrected chi connectivity index (χ2v) is 4.20. The minimum absolute atomic E-state index is 0.109. The van der Waals surface area contributed by atoms with Crippen molar-refractivity contribution in [2.45, 2.75) is 13.5 Å². The van der Waals surface area contributed by atoms with E-state index in [9.17, 15) is 4.79 Å². The summed E-state index contributed by atoms with van der Waals surface area (Å²) >= 11 is 0. The predicted octanol–water partition coefficient (Wildman–Crippen LogP) is 0.535. The van der Waals surface area contributed by atoms with E-state index < -0.39 is 0 Å². The molecule has 0 aliphatic carbocycles. The molecule has 0 aliphatic heterocycles. The minimum Gasteiger partial charge on any atom is -0.323 e. The first-order valence-corrected chi connectivity index (χ1v) is 6.12. The Morgan fingerprint density at radius 2 is 2.35 bits per heavy atom. The minimum atomic E-state index is -0.183. The maximum atomic E-state index is 11.9. The Morgan fingerprint density at radius 3 is 3.05 bits per heavy atom. The van der Waals surface area contributed by atoms with Crippen LogP contribution in [-0.4, -0.2) is 27.4 Å². The van der Waals surface area contributed by atoms with Gasteiger partial charge in [-0.05, 0) is 24.6 Å². The van der Waals surface area contributed by atoms with E-state index in [0.29, 0.717) is 5.69 Å². The van der Waals surface area contributed by atoms with Gasteiger partial charge < -0.3 is 11.1 Å². The number of anilines is 1. The van der Waals surface area contributed by atoms with E-state index in [2.05, 4.69) is 27.5 Å². The van der Waals surface area contributed by atoms with Crippen molar-refractivity contribution in [3.8, 4) is 11.8 Å². The maximum Gasteiger partial charge on any atom is 0.246 e. The first-order chi connectivity index (χ1) is 9.69. The molecule has 0 saturated heterocycles. The summed E-state index contributed by atoms with van der Waals surface area (Å²) < 4.78 is 1.45. The number of nitrogens with zero attached hydrogens (tertiary/aromatic N) is 3. The van der Waals surface area contributed by atoms with E-state index in [-0.39, 0.29) is 19.0 Å². The topological polar surface area (TPSA) is 85.8 Å². The van der Waals surface area contributed by atoms with Crippen molar-refractivity contribution in [2.75, 3.05) is 11.9 Å². The van der Waals surface area contributed by atoms with Crippen LogP contribution >= 0.6 is 0 Å². The first kappa shape index (κ1) is 13.8. The highest BCUT2D eigenvalue weighted by atomic mass is 16.2. The van der Waals surface area contributed by atoms with Crippen molar-refractivity contribution in [1.29, 1.82) is 0 Å². The standard InChI is InChI=1S/C14H15N5O/c1-11-4-5-12(3-2-6-15)13(9-11)17-14(20)10-19-8-7-16-18-19/h4-5,7-9H,6,10,15H2,1H3,(H,17,20). The average Bonchev–Trinajstić information content (AvgIpc) is 2.90. The molecule has 102 valence electrons. The highest BCUT2D eigenvalue weighted by Crippen LogP contribution is 2.16. The van der Waals surface area contributed by atoms with E-state index >= 15 is 0 Å². The van der Waals surface area contributed by atoms with Crippen molar-refractivity contribution in [1.82, 2.24) is 15.0 Å². The monoisotopic (exact) mass is 269 g/mol. The van der Waals surface area contributed by atoms with Crippen LogP contribution < -0.4 is 11.1 Å². The molecule has 3 N–H and O–H groups in total. The summed E-state index contributed by atoms with van der Waals surface area (Å²) in [4.78, 5) is 11.9. The van der Waals surface area contributed by atoms with Gasteiger partial charge in [-0.3, -0.25) is 4.79 Å². The van der Waals surface area contributed by atoms with Crippen LogP contribution in [0.15, 0.2) is 30.6 Å². The number of hydrogen-bond donors (Lipinski definition) is 2. The third-order valence-corrected chi connectivity index (χ3v) is 2.55. The maximum absolute atomic E-state index is 11.9. The Morgan fingerprint density at radius 1 is 1.50 bits per heavy atom. The Bertz CT molecular complexity index is 652. The van der Waals surface area contributed by atoms with Crippen LogP contribution in [-0.2, 0) is 11.3 Å². The fraction of sp³-hybridized carbons (Fsp3) is 0.214. The molecule has 0 atom stereocenters. The second kappa shape index (κ2) is 6.50. The third-order valence-electron chi connectivity index (χ3n) is 2.55. The summed E-state index contributed by atoms with van der Waals surface area (Å²) in [6.45, 7) is 2.34. The lowest BCUT2D eigenvalue weighted by molar-refractivity contribution is -0.116. The third kappa shape index (κ3) is 3.67. The zero-order valence-electron chi connectivity index (χ0n) is 11.1. The van der Waals surface area contributed by atoms with Crippen molar-refractivity contribution in [3.63, 3.8) is 0 Å². The lowest BCUT2D eigenvalue weighted by atomic mass is 10.1. The molecule has 0 spiro atoms. The Hall–Kier alpha value is -2.65. The van der Waals surface area contributed by atoms with Crippen molar-refractivity contribution < 1.29 is 4.79 Å². The van der Waals surface area contributed by atoms with Crippen molar-refractivity contribution in [3.05, 3.63) is 41.7 Å². The fourth-order valence-electron chi connectivity index (χ4n) is 1.67. The molecule has 2 rings (SSSR count). The van der Waals surface area contributed by atoms with Crippen molar-refractivity contribution in [2.24, 2.45) is 5.73 Å². The molecular formula is C14H15N5O. The molecule has 1 heterocycles. The zero-order chi connectivity index (χ0) is 14.4. The summed E-state index contributed by atoms with van der Waals surface area (Å²) in [6.07, 6.45) is 3.16. The molecule has 1 aromatic carbocycles. The Kier molecular flexibility index (Phi) is 4.47. The molecule has 0 fully saturated rings. The Balaban J connectivity index is 2.15. The Labute approximate surface area is 117 Å². The SMILES string of the molecule is Cc1ccc(C#CCN)c(NC(=O)Cn2ccnn2)c1. The summed E-state index contributed by atoms with van der Waals surface area (Å²) in [5, 5.41) is 10.2. The van der Waals surface area contributed by atoms with Crippen LogP contribution in [0.2, 0.25) is 0 Å². The van der Waals surface area contributed by atoms with E-state index in [1.165, 1.54) is 10.9 Å². The van der Waals surface area contributed by atoms with Gasteiger partial charge in [0.2, 0.25) is 5.91 Å². The summed E-state index contributed by atoms with van der Waals surface area (Å²) in [7, 11) is 0. The highest BCUT2D eigenvalue weighted by molar-refractivity contribution is 5.92. The van der Waals surface area contributed by atoms with Crippen LogP contribution in [0.5, 0.6) is 0 Å². The van der Waals surface area contributed by atoms with Gasteiger partial charge in [0.15, 0.2) is 0 Å². The lowest BCUT2D eigenvalue weighted by Gasteiger charge is -2.08. The largest absolute Gasteiger partial charge is 0.323 e. The number of hydrogen-bond acceptors (Lipinski definition) is 4. The number of aryl methyl sites for hydroxylation is 1. The number of aromatic nitrogens is 3. The smallest absolute Gasteiger partial charge is 0.246 e. The molecule has 20 heavy (non-hydrogen) atoms. The van der Waals surface area contributed by atoms with Crippen LogP contribution in [0.4, 0.5) is 5.69 Å². The highest BCUT2D eigenvalue weighted by Gasteiger charge is 2.07. The number of carbonyl (C=O) groups is 1. The van der Waals surface area contributed by atoms with Gasteiger partial charge in [-0.15, -0.1) is 5.10 Å². The van der Waals surface area contributed by atoms with Gasteiger partial charge in [0.05, 0.1) is 18.4 Å². The van der Waals surface area contributed by atoms with E-state index in [1.54, 1.807) is 6.20 Å². The lowest BCUT2D eigenvalue weighted by Crippen LogP contribution is -2.19. The molecule has 6 heteroatoms. The fourth-order valence-corrected chi connectivity index (χ4v) is 1.67.